The van der Waals surface area contributed by atoms with Crippen LogP contribution in [0.2, 0.25) is 0 Å². The fourth-order valence-electron chi connectivity index (χ4n) is 3.31. The Labute approximate surface area is 167 Å². The number of nitrogens with one attached hydrogen (secondary N) is 1. The highest BCUT2D eigenvalue weighted by Gasteiger charge is 2.31. The van der Waals surface area contributed by atoms with Gasteiger partial charge >= 0.3 is 0 Å². The van der Waals surface area contributed by atoms with Gasteiger partial charge in [-0.25, -0.2) is 13.1 Å². The molecule has 1 aromatic rings. The van der Waals surface area contributed by atoms with Crippen molar-refractivity contribution in [3.63, 3.8) is 0 Å². The quantitative estimate of drug-likeness (QED) is 0.734. The highest BCUT2D eigenvalue weighted by molar-refractivity contribution is 7.89. The Balaban J connectivity index is 0.00000261. The van der Waals surface area contributed by atoms with Gasteiger partial charge in [-0.15, -0.1) is 12.4 Å². The molecule has 7 nitrogen and oxygen atoms in total. The molecule has 3 rings (SSSR count). The SMILES string of the molecule is COc1ccc(C(=O)N2CCCC(C(C)N)C2)cc1S(=O)(=O)NC1CC1.Cl. The number of halogens is 1. The molecule has 1 aliphatic heterocycles. The maximum Gasteiger partial charge on any atom is 0.253 e. The molecule has 9 heteroatoms. The van der Waals surface area contributed by atoms with Crippen LogP contribution in [0.5, 0.6) is 5.75 Å². The Hall–Kier alpha value is -1.35. The molecule has 27 heavy (non-hydrogen) atoms. The van der Waals surface area contributed by atoms with Gasteiger partial charge in [-0.05, 0) is 56.7 Å². The van der Waals surface area contributed by atoms with Crippen LogP contribution in [-0.4, -0.2) is 51.5 Å². The zero-order valence-corrected chi connectivity index (χ0v) is 17.3. The second kappa shape index (κ2) is 8.77. The lowest BCUT2D eigenvalue weighted by atomic mass is 9.92. The molecule has 0 radical (unpaired) electrons. The van der Waals surface area contributed by atoms with Gasteiger partial charge in [0.1, 0.15) is 10.6 Å². The van der Waals surface area contributed by atoms with Gasteiger partial charge in [0.15, 0.2) is 0 Å². The number of rotatable bonds is 6. The number of carbonyl (C=O) groups excluding carboxylic acids is 1. The largest absolute Gasteiger partial charge is 0.495 e. The average Bonchev–Trinajstić information content (AvgIpc) is 3.44. The molecule has 0 spiro atoms. The summed E-state index contributed by atoms with van der Waals surface area (Å²) in [5.74, 6) is 0.341. The minimum absolute atomic E-state index is 0. The first-order chi connectivity index (χ1) is 12.3. The van der Waals surface area contributed by atoms with Crippen molar-refractivity contribution in [2.24, 2.45) is 11.7 Å². The highest BCUT2D eigenvalue weighted by Crippen LogP contribution is 2.29. The third kappa shape index (κ3) is 5.13. The van der Waals surface area contributed by atoms with E-state index in [1.54, 1.807) is 17.0 Å². The molecule has 1 amide bonds. The number of amides is 1. The summed E-state index contributed by atoms with van der Waals surface area (Å²) in [5, 5.41) is 0. The number of benzene rings is 1. The van der Waals surface area contributed by atoms with E-state index in [9.17, 15) is 13.2 Å². The van der Waals surface area contributed by atoms with Crippen molar-refractivity contribution < 1.29 is 17.9 Å². The Bertz CT molecular complexity index is 781. The van der Waals surface area contributed by atoms with Crippen molar-refractivity contribution in [3.05, 3.63) is 23.8 Å². The smallest absolute Gasteiger partial charge is 0.253 e. The minimum Gasteiger partial charge on any atom is -0.495 e. The fraction of sp³-hybridized carbons (Fsp3) is 0.611. The summed E-state index contributed by atoms with van der Waals surface area (Å²) in [6.07, 6.45) is 3.59. The predicted molar refractivity (Wildman–Crippen MR) is 106 cm³/mol. The molecule has 2 fully saturated rings. The first kappa shape index (κ1) is 21.9. The van der Waals surface area contributed by atoms with Crippen LogP contribution in [0, 0.1) is 5.92 Å². The van der Waals surface area contributed by atoms with E-state index in [1.165, 1.54) is 13.2 Å². The highest BCUT2D eigenvalue weighted by atomic mass is 35.5. The van der Waals surface area contributed by atoms with Gasteiger partial charge in [0, 0.05) is 30.7 Å². The van der Waals surface area contributed by atoms with Gasteiger partial charge in [-0.2, -0.15) is 0 Å². The summed E-state index contributed by atoms with van der Waals surface area (Å²) < 4.78 is 33.1. The fourth-order valence-corrected chi connectivity index (χ4v) is 4.81. The Kier molecular flexibility index (Phi) is 7.13. The zero-order valence-electron chi connectivity index (χ0n) is 15.7. The first-order valence-corrected chi connectivity index (χ1v) is 10.6. The lowest BCUT2D eigenvalue weighted by Crippen LogP contribution is -2.45. The summed E-state index contributed by atoms with van der Waals surface area (Å²) in [7, 11) is -2.30. The molecule has 3 N–H and O–H groups in total. The van der Waals surface area contributed by atoms with Gasteiger partial charge in [0.2, 0.25) is 10.0 Å². The lowest BCUT2D eigenvalue weighted by molar-refractivity contribution is 0.0660. The van der Waals surface area contributed by atoms with E-state index in [0.717, 1.165) is 25.7 Å². The number of ether oxygens (including phenoxy) is 1. The third-order valence-corrected chi connectivity index (χ3v) is 6.63. The molecule has 152 valence electrons. The monoisotopic (exact) mass is 417 g/mol. The molecule has 0 bridgehead atoms. The van der Waals surface area contributed by atoms with Crippen molar-refractivity contribution in [1.29, 1.82) is 0 Å². The van der Waals surface area contributed by atoms with Crippen molar-refractivity contribution in [1.82, 2.24) is 9.62 Å². The van der Waals surface area contributed by atoms with Gasteiger partial charge < -0.3 is 15.4 Å². The molecule has 1 saturated heterocycles. The molecule has 1 saturated carbocycles. The van der Waals surface area contributed by atoms with Gasteiger partial charge in [0.05, 0.1) is 7.11 Å². The number of sulfonamides is 1. The summed E-state index contributed by atoms with van der Waals surface area (Å²) in [4.78, 5) is 14.7. The second-order valence-electron chi connectivity index (χ2n) is 7.27. The minimum atomic E-state index is -3.72. The van der Waals surface area contributed by atoms with E-state index >= 15 is 0 Å². The van der Waals surface area contributed by atoms with Crippen LogP contribution in [-0.2, 0) is 10.0 Å². The normalized spacial score (nSPS) is 21.3. The summed E-state index contributed by atoms with van der Waals surface area (Å²) in [6, 6.07) is 4.59. The number of hydrogen-bond acceptors (Lipinski definition) is 5. The van der Waals surface area contributed by atoms with Gasteiger partial charge in [-0.1, -0.05) is 0 Å². The summed E-state index contributed by atoms with van der Waals surface area (Å²) >= 11 is 0. The van der Waals surface area contributed by atoms with Crippen LogP contribution in [0.15, 0.2) is 23.1 Å². The van der Waals surface area contributed by atoms with E-state index in [1.807, 2.05) is 6.92 Å². The Morgan fingerprint density at radius 3 is 2.63 bits per heavy atom. The Morgan fingerprint density at radius 1 is 1.33 bits per heavy atom. The van der Waals surface area contributed by atoms with Crippen LogP contribution in [0.25, 0.3) is 0 Å². The van der Waals surface area contributed by atoms with E-state index in [0.29, 0.717) is 18.7 Å². The lowest BCUT2D eigenvalue weighted by Gasteiger charge is -2.34. The van der Waals surface area contributed by atoms with E-state index < -0.39 is 10.0 Å². The van der Waals surface area contributed by atoms with Crippen molar-refractivity contribution >= 4 is 28.3 Å². The molecule has 1 aromatic carbocycles. The number of carbonyl (C=O) groups is 1. The molecular weight excluding hydrogens is 390 g/mol. The molecule has 2 aliphatic rings. The Morgan fingerprint density at radius 2 is 2.04 bits per heavy atom. The molecular formula is C18H28ClN3O4S. The topological polar surface area (TPSA) is 102 Å². The number of hydrogen-bond donors (Lipinski definition) is 2. The van der Waals surface area contributed by atoms with Crippen molar-refractivity contribution in [2.45, 2.75) is 49.6 Å². The van der Waals surface area contributed by atoms with Crippen molar-refractivity contribution in [2.75, 3.05) is 20.2 Å². The zero-order chi connectivity index (χ0) is 18.9. The van der Waals surface area contributed by atoms with E-state index in [2.05, 4.69) is 4.72 Å². The van der Waals surface area contributed by atoms with Crippen molar-refractivity contribution in [3.8, 4) is 5.75 Å². The van der Waals surface area contributed by atoms with Gasteiger partial charge in [0.25, 0.3) is 5.91 Å². The molecule has 1 heterocycles. The predicted octanol–water partition coefficient (Wildman–Crippen LogP) is 1.76. The summed E-state index contributed by atoms with van der Waals surface area (Å²) in [6.45, 7) is 3.22. The van der Waals surface area contributed by atoms with Gasteiger partial charge in [-0.3, -0.25) is 4.79 Å². The standard InChI is InChI=1S/C18H27N3O4S.ClH/c1-12(19)14-4-3-9-21(11-14)18(22)13-5-8-16(25-2)17(10-13)26(23,24)20-15-6-7-15;/h5,8,10,12,14-15,20H,3-4,6-7,9,11,19H2,1-2H3;1H. The summed E-state index contributed by atoms with van der Waals surface area (Å²) in [5.41, 5.74) is 6.35. The maximum atomic E-state index is 12.9. The number of piperidine rings is 1. The number of nitrogens with zero attached hydrogens (tertiary/aromatic N) is 1. The number of methoxy groups -OCH3 is 1. The van der Waals surface area contributed by atoms with Crippen LogP contribution < -0.4 is 15.2 Å². The third-order valence-electron chi connectivity index (χ3n) is 5.09. The second-order valence-corrected chi connectivity index (χ2v) is 8.96. The average molecular weight is 418 g/mol. The van der Waals surface area contributed by atoms with Crippen LogP contribution in [0.3, 0.4) is 0 Å². The number of nitrogens with two attached hydrogens (primary N) is 1. The maximum absolute atomic E-state index is 12.9. The number of likely N-dealkylation sites (tertiary alicyclic amines) is 1. The molecule has 1 aliphatic carbocycles. The van der Waals surface area contributed by atoms with Crippen LogP contribution in [0.1, 0.15) is 43.0 Å². The van der Waals surface area contributed by atoms with E-state index in [4.69, 9.17) is 10.5 Å². The molecule has 2 atom stereocenters. The van der Waals surface area contributed by atoms with Crippen LogP contribution >= 0.6 is 12.4 Å². The van der Waals surface area contributed by atoms with Crippen LogP contribution in [0.4, 0.5) is 0 Å². The molecule has 0 aromatic heterocycles. The first-order valence-electron chi connectivity index (χ1n) is 9.07. The molecule has 2 unspecified atom stereocenters. The van der Waals surface area contributed by atoms with E-state index in [-0.39, 0.29) is 47.0 Å².